The summed E-state index contributed by atoms with van der Waals surface area (Å²) in [5.41, 5.74) is 0.975. The van der Waals surface area contributed by atoms with Crippen LogP contribution in [0.1, 0.15) is 24.8 Å². The van der Waals surface area contributed by atoms with Crippen LogP contribution in [0.15, 0.2) is 41.3 Å². The zero-order chi connectivity index (χ0) is 16.2. The molecule has 0 spiro atoms. The molecule has 120 valence electrons. The van der Waals surface area contributed by atoms with Gasteiger partial charge in [0.1, 0.15) is 0 Å². The van der Waals surface area contributed by atoms with Crippen molar-refractivity contribution in [1.82, 2.24) is 5.06 Å². The second kappa shape index (κ2) is 7.07. The zero-order valence-corrected chi connectivity index (χ0v) is 13.4. The maximum Gasteiger partial charge on any atom is 0.249 e. The number of hydroxylamine groups is 2. The number of hydrogen-bond donors (Lipinski definition) is 1. The van der Waals surface area contributed by atoms with Crippen LogP contribution >= 0.6 is 0 Å². The van der Waals surface area contributed by atoms with Crippen molar-refractivity contribution in [3.8, 4) is 0 Å². The largest absolute Gasteiger partial charge is 0.286 e. The molecular weight excluding hydrogens is 302 g/mol. The third-order valence-corrected chi connectivity index (χ3v) is 5.54. The van der Waals surface area contributed by atoms with E-state index in [0.717, 1.165) is 12.0 Å². The van der Waals surface area contributed by atoms with Crippen LogP contribution in [0, 0.1) is 12.8 Å². The van der Waals surface area contributed by atoms with Crippen LogP contribution in [-0.2, 0) is 14.6 Å². The molecule has 2 rings (SSSR count). The number of benzene rings is 1. The van der Waals surface area contributed by atoms with E-state index in [0.29, 0.717) is 17.9 Å². The summed E-state index contributed by atoms with van der Waals surface area (Å²) in [5.74, 6) is -0.943. The highest BCUT2D eigenvalue weighted by Gasteiger charge is 2.25. The van der Waals surface area contributed by atoms with Gasteiger partial charge in [0, 0.05) is 5.92 Å². The van der Waals surface area contributed by atoms with Crippen LogP contribution in [0.25, 0.3) is 0 Å². The van der Waals surface area contributed by atoms with Crippen molar-refractivity contribution < 1.29 is 18.4 Å². The van der Waals surface area contributed by atoms with E-state index in [-0.39, 0.29) is 23.1 Å². The van der Waals surface area contributed by atoms with Crippen molar-refractivity contribution in [2.24, 2.45) is 5.92 Å². The minimum absolute atomic E-state index is 0.208. The van der Waals surface area contributed by atoms with Crippen LogP contribution in [-0.4, -0.2) is 36.9 Å². The maximum absolute atomic E-state index is 12.2. The van der Waals surface area contributed by atoms with E-state index in [1.807, 2.05) is 19.1 Å². The predicted molar refractivity (Wildman–Crippen MR) is 83.2 cm³/mol. The molecular formula is C16H21NO4S. The van der Waals surface area contributed by atoms with E-state index in [1.165, 1.54) is 0 Å². The Hall–Kier alpha value is -1.66. The average Bonchev–Trinajstić information content (AvgIpc) is 2.53. The van der Waals surface area contributed by atoms with E-state index in [4.69, 9.17) is 0 Å². The molecule has 1 aromatic rings. The van der Waals surface area contributed by atoms with Crippen molar-refractivity contribution in [2.75, 3.05) is 12.3 Å². The Morgan fingerprint density at radius 2 is 1.95 bits per heavy atom. The smallest absolute Gasteiger partial charge is 0.249 e. The molecule has 0 heterocycles. The SMILES string of the molecule is Cc1ccc(S(=O)(=O)CCN(O)C(=O)C2CC=CCC2)cc1. The molecule has 0 fully saturated rings. The Bertz CT molecular complexity index is 649. The van der Waals surface area contributed by atoms with E-state index in [1.54, 1.807) is 24.3 Å². The number of allylic oxidation sites excluding steroid dienone is 2. The summed E-state index contributed by atoms with van der Waals surface area (Å²) in [6.45, 7) is 1.67. The fraction of sp³-hybridized carbons (Fsp3) is 0.438. The number of carbonyl (C=O) groups excluding carboxylic acids is 1. The van der Waals surface area contributed by atoms with Crippen molar-refractivity contribution in [3.63, 3.8) is 0 Å². The molecule has 22 heavy (non-hydrogen) atoms. The lowest BCUT2D eigenvalue weighted by Crippen LogP contribution is -2.37. The predicted octanol–water partition coefficient (Wildman–Crippen LogP) is 2.34. The molecule has 1 aliphatic carbocycles. The third kappa shape index (κ3) is 4.18. The Morgan fingerprint density at radius 1 is 1.27 bits per heavy atom. The van der Waals surface area contributed by atoms with Crippen molar-refractivity contribution >= 4 is 15.7 Å². The lowest BCUT2D eigenvalue weighted by molar-refractivity contribution is -0.169. The van der Waals surface area contributed by atoms with Gasteiger partial charge in [-0.2, -0.15) is 0 Å². The first kappa shape index (κ1) is 16.7. The summed E-state index contributed by atoms with van der Waals surface area (Å²) in [6.07, 6.45) is 6.03. The number of rotatable bonds is 5. The molecule has 1 N–H and O–H groups in total. The van der Waals surface area contributed by atoms with E-state index >= 15 is 0 Å². The first-order valence-electron chi connectivity index (χ1n) is 7.35. The van der Waals surface area contributed by atoms with Gasteiger partial charge in [0.15, 0.2) is 9.84 Å². The molecule has 0 aliphatic heterocycles. The summed E-state index contributed by atoms with van der Waals surface area (Å²) in [5, 5.41) is 10.4. The molecule has 1 aromatic carbocycles. The minimum Gasteiger partial charge on any atom is -0.286 e. The van der Waals surface area contributed by atoms with Crippen LogP contribution in [0.4, 0.5) is 0 Å². The number of nitrogens with zero attached hydrogens (tertiary/aromatic N) is 1. The fourth-order valence-electron chi connectivity index (χ4n) is 2.41. The molecule has 1 unspecified atom stereocenters. The molecule has 0 saturated carbocycles. The molecule has 0 radical (unpaired) electrons. The normalized spacial score (nSPS) is 18.2. The Kier molecular flexibility index (Phi) is 5.37. The Morgan fingerprint density at radius 3 is 2.55 bits per heavy atom. The van der Waals surface area contributed by atoms with Gasteiger partial charge in [-0.3, -0.25) is 10.0 Å². The van der Waals surface area contributed by atoms with Crippen LogP contribution < -0.4 is 0 Å². The van der Waals surface area contributed by atoms with Crippen molar-refractivity contribution in [2.45, 2.75) is 31.1 Å². The Balaban J connectivity index is 1.94. The highest BCUT2D eigenvalue weighted by molar-refractivity contribution is 7.91. The Labute approximate surface area is 131 Å². The lowest BCUT2D eigenvalue weighted by atomic mass is 9.93. The second-order valence-corrected chi connectivity index (χ2v) is 7.68. The summed E-state index contributed by atoms with van der Waals surface area (Å²) in [7, 11) is -3.50. The van der Waals surface area contributed by atoms with Crippen LogP contribution in [0.2, 0.25) is 0 Å². The van der Waals surface area contributed by atoms with Gasteiger partial charge >= 0.3 is 0 Å². The molecule has 1 aliphatic rings. The summed E-state index contributed by atoms with van der Waals surface area (Å²) < 4.78 is 24.4. The van der Waals surface area contributed by atoms with Gasteiger partial charge < -0.3 is 0 Å². The monoisotopic (exact) mass is 323 g/mol. The summed E-state index contributed by atoms with van der Waals surface area (Å²) in [4.78, 5) is 12.3. The van der Waals surface area contributed by atoms with E-state index in [2.05, 4.69) is 0 Å². The van der Waals surface area contributed by atoms with Gasteiger partial charge in [-0.1, -0.05) is 29.8 Å². The minimum atomic E-state index is -3.50. The van der Waals surface area contributed by atoms with Crippen molar-refractivity contribution in [3.05, 3.63) is 42.0 Å². The van der Waals surface area contributed by atoms with Gasteiger partial charge in [0.25, 0.3) is 0 Å². The second-order valence-electron chi connectivity index (χ2n) is 5.57. The molecule has 0 saturated heterocycles. The van der Waals surface area contributed by atoms with Crippen molar-refractivity contribution in [1.29, 1.82) is 0 Å². The highest BCUT2D eigenvalue weighted by atomic mass is 32.2. The molecule has 0 bridgehead atoms. The first-order chi connectivity index (χ1) is 10.4. The topological polar surface area (TPSA) is 74.7 Å². The van der Waals surface area contributed by atoms with Gasteiger partial charge in [0.2, 0.25) is 5.91 Å². The number of aryl methyl sites for hydroxylation is 1. The maximum atomic E-state index is 12.2. The van der Waals surface area contributed by atoms with Gasteiger partial charge in [0.05, 0.1) is 17.2 Å². The first-order valence-corrected chi connectivity index (χ1v) is 9.00. The zero-order valence-electron chi connectivity index (χ0n) is 12.6. The summed E-state index contributed by atoms with van der Waals surface area (Å²) in [6, 6.07) is 6.53. The molecule has 6 heteroatoms. The summed E-state index contributed by atoms with van der Waals surface area (Å²) >= 11 is 0. The third-order valence-electron chi connectivity index (χ3n) is 3.82. The number of amides is 1. The quantitative estimate of drug-likeness (QED) is 0.513. The van der Waals surface area contributed by atoms with Crippen LogP contribution in [0.3, 0.4) is 0 Å². The van der Waals surface area contributed by atoms with Gasteiger partial charge in [-0.05, 0) is 38.3 Å². The molecule has 1 atom stereocenters. The van der Waals surface area contributed by atoms with Crippen LogP contribution in [0.5, 0.6) is 0 Å². The molecule has 5 nitrogen and oxygen atoms in total. The highest BCUT2D eigenvalue weighted by Crippen LogP contribution is 2.20. The van der Waals surface area contributed by atoms with E-state index in [9.17, 15) is 18.4 Å². The van der Waals surface area contributed by atoms with E-state index < -0.39 is 15.7 Å². The average molecular weight is 323 g/mol. The lowest BCUT2D eigenvalue weighted by Gasteiger charge is -2.22. The molecule has 0 aromatic heterocycles. The standard InChI is InChI=1S/C16H21NO4S/c1-13-7-9-15(10-8-13)22(20,21)12-11-17(19)16(18)14-5-3-2-4-6-14/h2-3,7-10,14,19H,4-6,11-12H2,1H3. The number of sulfone groups is 1. The molecule has 1 amide bonds. The number of hydrogen-bond acceptors (Lipinski definition) is 4. The number of carbonyl (C=O) groups is 1. The fourth-order valence-corrected chi connectivity index (χ4v) is 3.61. The van der Waals surface area contributed by atoms with Gasteiger partial charge in [-0.15, -0.1) is 0 Å². The van der Waals surface area contributed by atoms with Gasteiger partial charge in [-0.25, -0.2) is 13.5 Å².